The topological polar surface area (TPSA) is 17.1 Å². The van der Waals surface area contributed by atoms with Crippen molar-refractivity contribution >= 4 is 51.2 Å². The second-order valence-electron chi connectivity index (χ2n) is 2.75. The van der Waals surface area contributed by atoms with E-state index in [-0.39, 0.29) is 0 Å². The van der Waals surface area contributed by atoms with Crippen LogP contribution >= 0.6 is 44.9 Å². The third-order valence-electron chi connectivity index (χ3n) is 1.67. The third kappa shape index (κ3) is 3.81. The molecule has 1 nitrogen and oxygen atoms in total. The number of benzene rings is 1. The van der Waals surface area contributed by atoms with Crippen molar-refractivity contribution in [2.24, 2.45) is 0 Å². The van der Waals surface area contributed by atoms with E-state index in [1.165, 1.54) is 21.6 Å². The monoisotopic (exact) mass is 262 g/mol. The lowest BCUT2D eigenvalue weighted by molar-refractivity contribution is 0.112. The van der Waals surface area contributed by atoms with E-state index in [9.17, 15) is 4.79 Å². The number of hydrogen-bond donors (Lipinski definition) is 2. The molecule has 0 radical (unpaired) electrons. The summed E-state index contributed by atoms with van der Waals surface area (Å²) in [6.45, 7) is 0. The fraction of sp³-hybridized carbons (Fsp3) is 0.222. The minimum Gasteiger partial charge on any atom is -0.298 e. The van der Waals surface area contributed by atoms with Crippen LogP contribution in [0, 0.1) is 0 Å². The van der Waals surface area contributed by atoms with E-state index >= 15 is 0 Å². The van der Waals surface area contributed by atoms with Gasteiger partial charge in [0.05, 0.1) is 0 Å². The Kier molecular flexibility index (Phi) is 5.93. The van der Waals surface area contributed by atoms with Gasteiger partial charge in [0.25, 0.3) is 0 Å². The molecule has 0 N–H and O–H groups in total. The number of thiol groups is 2. The molecule has 1 aromatic rings. The number of rotatable bonds is 5. The summed E-state index contributed by atoms with van der Waals surface area (Å²) in [4.78, 5) is 10.7. The summed E-state index contributed by atoms with van der Waals surface area (Å²) in [6, 6.07) is 5.87. The first-order chi connectivity index (χ1) is 6.80. The largest absolute Gasteiger partial charge is 0.298 e. The number of hydrogen-bond acceptors (Lipinski definition) is 5. The van der Waals surface area contributed by atoms with Crippen molar-refractivity contribution in [3.05, 3.63) is 34.9 Å². The summed E-state index contributed by atoms with van der Waals surface area (Å²) in [7, 11) is 2.91. The highest BCUT2D eigenvalue weighted by Gasteiger charge is 2.00. The zero-order valence-electron chi connectivity index (χ0n) is 7.34. The lowest BCUT2D eigenvalue weighted by Crippen LogP contribution is -1.89. The van der Waals surface area contributed by atoms with Gasteiger partial charge in [-0.15, -0.1) is 23.3 Å². The molecule has 0 unspecified atom stereocenters. The first-order valence-electron chi connectivity index (χ1n) is 3.91. The molecule has 0 fully saturated rings. The highest BCUT2D eigenvalue weighted by atomic mass is 33.1. The molecule has 0 aromatic heterocycles. The molecular weight excluding hydrogens is 252 g/mol. The highest BCUT2D eigenvalue weighted by Crippen LogP contribution is 2.21. The average molecular weight is 262 g/mol. The second kappa shape index (κ2) is 6.71. The van der Waals surface area contributed by atoms with Gasteiger partial charge in [0.15, 0.2) is 0 Å². The first-order valence-corrected chi connectivity index (χ1v) is 7.98. The summed E-state index contributed by atoms with van der Waals surface area (Å²) < 4.78 is 0. The van der Waals surface area contributed by atoms with Crippen molar-refractivity contribution in [2.75, 3.05) is 0 Å². The SMILES string of the molecule is O=Cc1cc(CSS)cc(CSS)c1. The van der Waals surface area contributed by atoms with Crippen molar-refractivity contribution in [3.63, 3.8) is 0 Å². The first kappa shape index (κ1) is 12.4. The van der Waals surface area contributed by atoms with Gasteiger partial charge in [-0.3, -0.25) is 4.79 Å². The van der Waals surface area contributed by atoms with E-state index in [1.54, 1.807) is 0 Å². The van der Waals surface area contributed by atoms with Crippen molar-refractivity contribution in [1.29, 1.82) is 0 Å². The molecule has 0 aliphatic rings. The predicted octanol–water partition coefficient (Wildman–Crippen LogP) is 3.66. The van der Waals surface area contributed by atoms with Gasteiger partial charge in [0.2, 0.25) is 0 Å². The van der Waals surface area contributed by atoms with E-state index < -0.39 is 0 Å². The fourth-order valence-electron chi connectivity index (χ4n) is 1.18. The van der Waals surface area contributed by atoms with Gasteiger partial charge in [-0.1, -0.05) is 27.7 Å². The zero-order chi connectivity index (χ0) is 10.4. The molecule has 0 heterocycles. The summed E-state index contributed by atoms with van der Waals surface area (Å²) >= 11 is 8.18. The molecule has 1 aromatic carbocycles. The lowest BCUT2D eigenvalue weighted by atomic mass is 10.1. The Morgan fingerprint density at radius 1 is 1.07 bits per heavy atom. The maximum absolute atomic E-state index is 10.7. The van der Waals surface area contributed by atoms with Crippen LogP contribution < -0.4 is 0 Å². The molecule has 76 valence electrons. The van der Waals surface area contributed by atoms with Crippen LogP contribution in [0.15, 0.2) is 18.2 Å². The van der Waals surface area contributed by atoms with Crippen LogP contribution in [0.2, 0.25) is 0 Å². The van der Waals surface area contributed by atoms with Crippen LogP contribution in [0.3, 0.4) is 0 Å². The van der Waals surface area contributed by atoms with Crippen molar-refractivity contribution in [3.8, 4) is 0 Å². The van der Waals surface area contributed by atoms with Gasteiger partial charge in [0, 0.05) is 17.1 Å². The van der Waals surface area contributed by atoms with E-state index in [4.69, 9.17) is 0 Å². The summed E-state index contributed by atoms with van der Waals surface area (Å²) in [5, 5.41) is 0. The Morgan fingerprint density at radius 2 is 1.57 bits per heavy atom. The van der Waals surface area contributed by atoms with Crippen LogP contribution in [-0.2, 0) is 11.5 Å². The van der Waals surface area contributed by atoms with Crippen LogP contribution in [0.5, 0.6) is 0 Å². The molecular formula is C9H10OS4. The number of aldehydes is 1. The van der Waals surface area contributed by atoms with Crippen molar-refractivity contribution < 1.29 is 4.79 Å². The summed E-state index contributed by atoms with van der Waals surface area (Å²) in [5.74, 6) is 1.63. The van der Waals surface area contributed by atoms with Crippen molar-refractivity contribution in [2.45, 2.75) is 11.5 Å². The van der Waals surface area contributed by atoms with Gasteiger partial charge in [-0.05, 0) is 23.3 Å². The number of carbonyl (C=O) groups excluding carboxylic acids is 1. The minimum atomic E-state index is 0.724. The maximum atomic E-state index is 10.7. The van der Waals surface area contributed by atoms with E-state index in [0.717, 1.165) is 34.5 Å². The van der Waals surface area contributed by atoms with E-state index in [2.05, 4.69) is 29.4 Å². The van der Waals surface area contributed by atoms with E-state index in [1.807, 2.05) is 12.1 Å². The summed E-state index contributed by atoms with van der Waals surface area (Å²) in [6.07, 6.45) is 0.874. The van der Waals surface area contributed by atoms with E-state index in [0.29, 0.717) is 0 Å². The number of carbonyl (C=O) groups is 1. The Bertz CT molecular complexity index is 289. The standard InChI is InChI=1S/C9H10OS4/c10-4-7-1-8(5-13-11)3-9(2-7)6-14-12/h1-4,11-12H,5-6H2. The summed E-state index contributed by atoms with van der Waals surface area (Å²) in [5.41, 5.74) is 2.99. The third-order valence-corrected chi connectivity index (χ3v) is 3.37. The normalized spacial score (nSPS) is 10.1. The molecule has 0 saturated carbocycles. The van der Waals surface area contributed by atoms with Gasteiger partial charge in [-0.2, -0.15) is 0 Å². The van der Waals surface area contributed by atoms with Gasteiger partial charge in [0.1, 0.15) is 6.29 Å². The molecule has 0 aliphatic heterocycles. The second-order valence-corrected chi connectivity index (χ2v) is 5.39. The Hall–Kier alpha value is 0.290. The molecule has 14 heavy (non-hydrogen) atoms. The molecule has 0 atom stereocenters. The molecule has 0 bridgehead atoms. The lowest BCUT2D eigenvalue weighted by Gasteiger charge is -2.04. The Balaban J connectivity index is 2.94. The Morgan fingerprint density at radius 3 is 1.93 bits per heavy atom. The molecule has 0 amide bonds. The smallest absolute Gasteiger partial charge is 0.150 e. The van der Waals surface area contributed by atoms with Crippen LogP contribution in [0.4, 0.5) is 0 Å². The predicted molar refractivity (Wildman–Crippen MR) is 72.4 cm³/mol. The fourth-order valence-corrected chi connectivity index (χ4v) is 2.70. The molecule has 5 heteroatoms. The zero-order valence-corrected chi connectivity index (χ0v) is 10.8. The quantitative estimate of drug-likeness (QED) is 0.479. The highest BCUT2D eigenvalue weighted by molar-refractivity contribution is 8.68. The van der Waals surface area contributed by atoms with Gasteiger partial charge < -0.3 is 0 Å². The molecule has 1 rings (SSSR count). The minimum absolute atomic E-state index is 0.724. The van der Waals surface area contributed by atoms with Gasteiger partial charge >= 0.3 is 0 Å². The van der Waals surface area contributed by atoms with Crippen molar-refractivity contribution in [1.82, 2.24) is 0 Å². The maximum Gasteiger partial charge on any atom is 0.150 e. The molecule has 0 spiro atoms. The van der Waals surface area contributed by atoms with Crippen LogP contribution in [0.1, 0.15) is 21.5 Å². The molecule has 0 aliphatic carbocycles. The molecule has 0 saturated heterocycles. The Labute approximate surface area is 102 Å². The average Bonchev–Trinajstić information content (AvgIpc) is 2.18. The van der Waals surface area contributed by atoms with Crippen LogP contribution in [-0.4, -0.2) is 6.29 Å². The van der Waals surface area contributed by atoms with Crippen LogP contribution in [0.25, 0.3) is 0 Å². The van der Waals surface area contributed by atoms with Gasteiger partial charge in [-0.25, -0.2) is 0 Å².